The number of esters is 1. The first-order valence-electron chi connectivity index (χ1n) is 7.75. The van der Waals surface area contributed by atoms with Crippen molar-refractivity contribution in [3.63, 3.8) is 0 Å². The van der Waals surface area contributed by atoms with Crippen LogP contribution in [0.3, 0.4) is 0 Å². The van der Waals surface area contributed by atoms with Gasteiger partial charge < -0.3 is 14.4 Å². The molecule has 0 saturated carbocycles. The second-order valence-electron chi connectivity index (χ2n) is 5.57. The first-order valence-corrected chi connectivity index (χ1v) is 7.75. The highest BCUT2D eigenvalue weighted by Gasteiger charge is 2.31. The molecule has 5 nitrogen and oxygen atoms in total. The molecular formula is C18H14F3NO4. The van der Waals surface area contributed by atoms with Crippen molar-refractivity contribution in [2.24, 2.45) is 0 Å². The van der Waals surface area contributed by atoms with Gasteiger partial charge >= 0.3 is 12.3 Å². The van der Waals surface area contributed by atoms with Crippen LogP contribution in [0.1, 0.15) is 15.9 Å². The third kappa shape index (κ3) is 4.14. The highest BCUT2D eigenvalue weighted by atomic mass is 19.4. The minimum Gasteiger partial charge on any atom is -0.452 e. The highest BCUT2D eigenvalue weighted by molar-refractivity contribution is 5.98. The number of nitrogens with zero attached hydrogens (tertiary/aromatic N) is 1. The Kier molecular flexibility index (Phi) is 4.83. The van der Waals surface area contributed by atoms with Crippen molar-refractivity contribution >= 4 is 17.6 Å². The van der Waals surface area contributed by atoms with Crippen LogP contribution in [-0.4, -0.2) is 31.4 Å². The van der Waals surface area contributed by atoms with Gasteiger partial charge in [0.2, 0.25) is 0 Å². The van der Waals surface area contributed by atoms with Gasteiger partial charge in [0.05, 0.1) is 5.56 Å². The van der Waals surface area contributed by atoms with Crippen LogP contribution in [0.5, 0.6) is 5.75 Å². The van der Waals surface area contributed by atoms with Crippen LogP contribution < -0.4 is 9.64 Å². The monoisotopic (exact) mass is 365 g/mol. The van der Waals surface area contributed by atoms with Crippen molar-refractivity contribution in [1.82, 2.24) is 0 Å². The molecule has 0 fully saturated rings. The molecule has 1 heterocycles. The Morgan fingerprint density at radius 2 is 1.73 bits per heavy atom. The molecule has 2 aromatic rings. The normalized spacial score (nSPS) is 13.3. The predicted octanol–water partition coefficient (Wildman–Crippen LogP) is 3.33. The zero-order valence-electron chi connectivity index (χ0n) is 13.5. The number of anilines is 1. The lowest BCUT2D eigenvalue weighted by atomic mass is 10.2. The van der Waals surface area contributed by atoms with Gasteiger partial charge in [0, 0.05) is 12.2 Å². The topological polar surface area (TPSA) is 55.8 Å². The molecule has 3 rings (SSSR count). The average molecular weight is 365 g/mol. The van der Waals surface area contributed by atoms with Gasteiger partial charge in [-0.3, -0.25) is 4.79 Å². The molecule has 0 saturated heterocycles. The molecule has 1 aliphatic heterocycles. The molecule has 2 aromatic carbocycles. The summed E-state index contributed by atoms with van der Waals surface area (Å²) >= 11 is 0. The number of hydrogen-bond donors (Lipinski definition) is 0. The number of rotatable bonds is 4. The Hall–Kier alpha value is -3.03. The molecular weight excluding hydrogens is 351 g/mol. The standard InChI is InChI=1S/C18H14F3NO4/c19-18(20,21)26-14-7-5-13(6-8-14)17(24)25-11-16(23)22-10-9-12-3-1-2-4-15(12)22/h1-8H,9-11H2. The lowest BCUT2D eigenvalue weighted by Gasteiger charge is -2.17. The summed E-state index contributed by atoms with van der Waals surface area (Å²) in [4.78, 5) is 25.8. The van der Waals surface area contributed by atoms with Crippen molar-refractivity contribution in [3.8, 4) is 5.75 Å². The van der Waals surface area contributed by atoms with Crippen LogP contribution in [0.4, 0.5) is 18.9 Å². The van der Waals surface area contributed by atoms with E-state index in [1.54, 1.807) is 4.90 Å². The van der Waals surface area contributed by atoms with Crippen molar-refractivity contribution in [1.29, 1.82) is 0 Å². The van der Waals surface area contributed by atoms with E-state index >= 15 is 0 Å². The third-order valence-corrected chi connectivity index (χ3v) is 3.84. The number of halogens is 3. The summed E-state index contributed by atoms with van der Waals surface area (Å²) in [6, 6.07) is 11.7. The summed E-state index contributed by atoms with van der Waals surface area (Å²) in [5, 5.41) is 0. The molecule has 0 bridgehead atoms. The summed E-state index contributed by atoms with van der Waals surface area (Å²) < 4.78 is 45.0. The average Bonchev–Trinajstić information content (AvgIpc) is 3.03. The number of fused-ring (bicyclic) bond motifs is 1. The van der Waals surface area contributed by atoms with E-state index in [9.17, 15) is 22.8 Å². The minimum atomic E-state index is -4.81. The molecule has 0 atom stereocenters. The minimum absolute atomic E-state index is 0.0224. The fourth-order valence-electron chi connectivity index (χ4n) is 2.68. The fraction of sp³-hybridized carbons (Fsp3) is 0.222. The Morgan fingerprint density at radius 3 is 2.42 bits per heavy atom. The van der Waals surface area contributed by atoms with Crippen LogP contribution in [0.15, 0.2) is 48.5 Å². The Balaban J connectivity index is 1.56. The maximum Gasteiger partial charge on any atom is 0.573 e. The van der Waals surface area contributed by atoms with Crippen LogP contribution in [-0.2, 0) is 16.0 Å². The summed E-state index contributed by atoms with van der Waals surface area (Å²) in [5.41, 5.74) is 1.86. The number of carbonyl (C=O) groups is 2. The van der Waals surface area contributed by atoms with Crippen LogP contribution in [0.2, 0.25) is 0 Å². The molecule has 0 spiro atoms. The van der Waals surface area contributed by atoms with Gasteiger partial charge in [-0.05, 0) is 42.3 Å². The maximum atomic E-state index is 12.3. The van der Waals surface area contributed by atoms with E-state index < -0.39 is 24.7 Å². The zero-order chi connectivity index (χ0) is 18.7. The maximum absolute atomic E-state index is 12.3. The molecule has 0 N–H and O–H groups in total. The van der Waals surface area contributed by atoms with Crippen molar-refractivity contribution in [3.05, 3.63) is 59.7 Å². The van der Waals surface area contributed by atoms with Crippen LogP contribution >= 0.6 is 0 Å². The van der Waals surface area contributed by atoms with E-state index in [0.717, 1.165) is 41.9 Å². The second kappa shape index (κ2) is 7.07. The first kappa shape index (κ1) is 17.8. The van der Waals surface area contributed by atoms with Gasteiger partial charge in [-0.1, -0.05) is 18.2 Å². The van der Waals surface area contributed by atoms with Crippen molar-refractivity contribution in [2.75, 3.05) is 18.1 Å². The van der Waals surface area contributed by atoms with E-state index in [4.69, 9.17) is 4.74 Å². The largest absolute Gasteiger partial charge is 0.573 e. The predicted molar refractivity (Wildman–Crippen MR) is 85.9 cm³/mol. The molecule has 26 heavy (non-hydrogen) atoms. The second-order valence-corrected chi connectivity index (χ2v) is 5.57. The number of hydrogen-bond acceptors (Lipinski definition) is 4. The number of alkyl halides is 3. The van der Waals surface area contributed by atoms with E-state index in [0.29, 0.717) is 6.54 Å². The van der Waals surface area contributed by atoms with E-state index in [-0.39, 0.29) is 11.5 Å². The summed E-state index contributed by atoms with van der Waals surface area (Å²) in [6.07, 6.45) is -4.07. The number of carbonyl (C=O) groups excluding carboxylic acids is 2. The lowest BCUT2D eigenvalue weighted by Crippen LogP contribution is -2.33. The quantitative estimate of drug-likeness (QED) is 0.780. The van der Waals surface area contributed by atoms with Gasteiger partial charge in [-0.2, -0.15) is 0 Å². The number of amides is 1. The van der Waals surface area contributed by atoms with Gasteiger partial charge in [0.1, 0.15) is 5.75 Å². The Morgan fingerprint density at radius 1 is 1.04 bits per heavy atom. The molecule has 0 aromatic heterocycles. The van der Waals surface area contributed by atoms with Crippen molar-refractivity contribution < 1.29 is 32.2 Å². The van der Waals surface area contributed by atoms with Crippen LogP contribution in [0.25, 0.3) is 0 Å². The summed E-state index contributed by atoms with van der Waals surface area (Å²) in [5.74, 6) is -1.61. The number of para-hydroxylation sites is 1. The van der Waals surface area contributed by atoms with Gasteiger partial charge in [0.25, 0.3) is 5.91 Å². The molecule has 136 valence electrons. The fourth-order valence-corrected chi connectivity index (χ4v) is 2.68. The molecule has 0 unspecified atom stereocenters. The van der Waals surface area contributed by atoms with E-state index in [2.05, 4.69) is 4.74 Å². The summed E-state index contributed by atoms with van der Waals surface area (Å²) in [7, 11) is 0. The number of ether oxygens (including phenoxy) is 2. The summed E-state index contributed by atoms with van der Waals surface area (Å²) in [6.45, 7) is 0.0627. The number of benzene rings is 2. The lowest BCUT2D eigenvalue weighted by molar-refractivity contribution is -0.274. The SMILES string of the molecule is O=C(OCC(=O)N1CCc2ccccc21)c1ccc(OC(F)(F)F)cc1. The molecule has 0 aliphatic carbocycles. The van der Waals surface area contributed by atoms with Gasteiger partial charge in [0.15, 0.2) is 6.61 Å². The van der Waals surface area contributed by atoms with E-state index in [1.807, 2.05) is 24.3 Å². The van der Waals surface area contributed by atoms with Gasteiger partial charge in [-0.25, -0.2) is 4.79 Å². The highest BCUT2D eigenvalue weighted by Crippen LogP contribution is 2.27. The Labute approximate surface area is 146 Å². The zero-order valence-corrected chi connectivity index (χ0v) is 13.5. The smallest absolute Gasteiger partial charge is 0.452 e. The molecule has 1 aliphatic rings. The van der Waals surface area contributed by atoms with Crippen molar-refractivity contribution in [2.45, 2.75) is 12.8 Å². The molecule has 0 radical (unpaired) electrons. The van der Waals surface area contributed by atoms with E-state index in [1.165, 1.54) is 0 Å². The van der Waals surface area contributed by atoms with Crippen LogP contribution in [0, 0.1) is 0 Å². The Bertz CT molecular complexity index is 818. The molecule has 1 amide bonds. The van der Waals surface area contributed by atoms with Gasteiger partial charge in [-0.15, -0.1) is 13.2 Å². The third-order valence-electron chi connectivity index (χ3n) is 3.84. The first-order chi connectivity index (χ1) is 12.3. The molecule has 8 heteroatoms.